The van der Waals surface area contributed by atoms with E-state index in [0.29, 0.717) is 37.8 Å². The molecule has 0 spiro atoms. The quantitative estimate of drug-likeness (QED) is 0.727. The first kappa shape index (κ1) is 17.9. The largest absolute Gasteiger partial charge is 0.378 e. The second-order valence-electron chi connectivity index (χ2n) is 6.79. The zero-order valence-corrected chi connectivity index (χ0v) is 16.1. The summed E-state index contributed by atoms with van der Waals surface area (Å²) in [6, 6.07) is 7.56. The molecule has 142 valence electrons. The van der Waals surface area contributed by atoms with Crippen molar-refractivity contribution in [3.05, 3.63) is 35.7 Å². The Bertz CT molecular complexity index is 1090. The van der Waals surface area contributed by atoms with Crippen molar-refractivity contribution in [1.29, 1.82) is 0 Å². The monoisotopic (exact) mass is 387 g/mol. The Kier molecular flexibility index (Phi) is 4.56. The van der Waals surface area contributed by atoms with Crippen molar-refractivity contribution in [3.63, 3.8) is 0 Å². The molecule has 1 N–H and O–H groups in total. The molecule has 0 saturated carbocycles. The fraction of sp³-hybridized carbons (Fsp3) is 0.389. The Balaban J connectivity index is 1.81. The molecule has 4 rings (SSSR count). The van der Waals surface area contributed by atoms with Gasteiger partial charge in [-0.2, -0.15) is 5.10 Å². The fourth-order valence-electron chi connectivity index (χ4n) is 3.19. The highest BCUT2D eigenvalue weighted by atomic mass is 32.2. The lowest BCUT2D eigenvalue weighted by Gasteiger charge is -2.28. The van der Waals surface area contributed by atoms with Crippen molar-refractivity contribution in [2.75, 3.05) is 37.5 Å². The standard InChI is InChI=1S/C18H21N5O3S/c1-12-15-9-13(3-4-16(15)22-21-12)18-19-14(11-27(2,24)25)10-17(20-18)23-5-7-26-8-6-23/h3-4,9-10H,5-8,11H2,1-2H3,(H,21,22). The number of H-pyrrole nitrogens is 1. The van der Waals surface area contributed by atoms with E-state index >= 15 is 0 Å². The number of sulfone groups is 1. The van der Waals surface area contributed by atoms with E-state index in [1.54, 1.807) is 6.07 Å². The van der Waals surface area contributed by atoms with Crippen LogP contribution in [0.3, 0.4) is 0 Å². The Hall–Kier alpha value is -2.52. The predicted octanol–water partition coefficient (Wildman–Crippen LogP) is 1.71. The van der Waals surface area contributed by atoms with Crippen LogP contribution < -0.4 is 4.90 Å². The molecule has 3 aromatic rings. The van der Waals surface area contributed by atoms with Crippen LogP contribution in [-0.4, -0.2) is 61.1 Å². The number of aromatic nitrogens is 4. The van der Waals surface area contributed by atoms with E-state index in [9.17, 15) is 8.42 Å². The lowest BCUT2D eigenvalue weighted by atomic mass is 10.1. The van der Waals surface area contributed by atoms with Gasteiger partial charge in [0.25, 0.3) is 0 Å². The third-order valence-corrected chi connectivity index (χ3v) is 5.33. The topological polar surface area (TPSA) is 101 Å². The minimum Gasteiger partial charge on any atom is -0.378 e. The molecule has 0 radical (unpaired) electrons. The summed E-state index contributed by atoms with van der Waals surface area (Å²) in [7, 11) is -3.20. The second kappa shape index (κ2) is 6.90. The second-order valence-corrected chi connectivity index (χ2v) is 8.93. The minimum atomic E-state index is -3.20. The van der Waals surface area contributed by atoms with Gasteiger partial charge in [-0.15, -0.1) is 0 Å². The van der Waals surface area contributed by atoms with Crippen molar-refractivity contribution < 1.29 is 13.2 Å². The number of rotatable bonds is 4. The molecule has 9 heteroatoms. The maximum atomic E-state index is 11.8. The molecule has 3 heterocycles. The first-order chi connectivity index (χ1) is 12.9. The van der Waals surface area contributed by atoms with Crippen molar-refractivity contribution in [2.24, 2.45) is 0 Å². The number of aromatic amines is 1. The van der Waals surface area contributed by atoms with Crippen LogP contribution in [0.2, 0.25) is 0 Å². The van der Waals surface area contributed by atoms with Gasteiger partial charge < -0.3 is 9.64 Å². The van der Waals surface area contributed by atoms with E-state index in [0.717, 1.165) is 28.0 Å². The molecule has 0 aliphatic carbocycles. The summed E-state index contributed by atoms with van der Waals surface area (Å²) in [5.74, 6) is 1.12. The molecule has 1 aromatic carbocycles. The highest BCUT2D eigenvalue weighted by Gasteiger charge is 2.18. The van der Waals surface area contributed by atoms with Crippen LogP contribution in [0.5, 0.6) is 0 Å². The van der Waals surface area contributed by atoms with Gasteiger partial charge in [-0.25, -0.2) is 18.4 Å². The number of hydrogen-bond donors (Lipinski definition) is 1. The summed E-state index contributed by atoms with van der Waals surface area (Å²) in [6.07, 6.45) is 1.21. The third-order valence-electron chi connectivity index (χ3n) is 4.51. The average molecular weight is 387 g/mol. The maximum Gasteiger partial charge on any atom is 0.161 e. The normalized spacial score (nSPS) is 15.4. The first-order valence-electron chi connectivity index (χ1n) is 8.72. The van der Waals surface area contributed by atoms with E-state index in [1.165, 1.54) is 6.26 Å². The Morgan fingerprint density at radius 2 is 1.96 bits per heavy atom. The predicted molar refractivity (Wildman–Crippen MR) is 103 cm³/mol. The third kappa shape index (κ3) is 3.93. The summed E-state index contributed by atoms with van der Waals surface area (Å²) in [4.78, 5) is 11.3. The fourth-order valence-corrected chi connectivity index (χ4v) is 3.87. The molecular formula is C18H21N5O3S. The molecule has 0 amide bonds. The van der Waals surface area contributed by atoms with E-state index in [1.807, 2.05) is 25.1 Å². The van der Waals surface area contributed by atoms with Gasteiger partial charge in [-0.1, -0.05) is 0 Å². The molecule has 8 nitrogen and oxygen atoms in total. The number of anilines is 1. The first-order valence-corrected chi connectivity index (χ1v) is 10.8. The van der Waals surface area contributed by atoms with Crippen LogP contribution in [0.1, 0.15) is 11.4 Å². The van der Waals surface area contributed by atoms with Gasteiger partial charge in [-0.05, 0) is 25.1 Å². The van der Waals surface area contributed by atoms with E-state index < -0.39 is 9.84 Å². The van der Waals surface area contributed by atoms with Crippen LogP contribution in [0, 0.1) is 6.92 Å². The summed E-state index contributed by atoms with van der Waals surface area (Å²) < 4.78 is 29.0. The lowest BCUT2D eigenvalue weighted by Crippen LogP contribution is -2.37. The van der Waals surface area contributed by atoms with Crippen LogP contribution in [0.4, 0.5) is 5.82 Å². The number of benzene rings is 1. The van der Waals surface area contributed by atoms with Crippen LogP contribution in [0.15, 0.2) is 24.3 Å². The number of ether oxygens (including phenoxy) is 1. The zero-order chi connectivity index (χ0) is 19.0. The Morgan fingerprint density at radius 3 is 2.70 bits per heavy atom. The van der Waals surface area contributed by atoms with Gasteiger partial charge in [0, 0.05) is 42.1 Å². The number of aryl methyl sites for hydroxylation is 1. The Labute approximate surface area is 157 Å². The van der Waals surface area contributed by atoms with Crippen molar-refractivity contribution in [2.45, 2.75) is 12.7 Å². The Morgan fingerprint density at radius 1 is 1.19 bits per heavy atom. The minimum absolute atomic E-state index is 0.118. The number of fused-ring (bicyclic) bond motifs is 1. The summed E-state index contributed by atoms with van der Waals surface area (Å²) in [6.45, 7) is 4.64. The summed E-state index contributed by atoms with van der Waals surface area (Å²) in [5, 5.41) is 8.21. The van der Waals surface area contributed by atoms with Crippen molar-refractivity contribution in [1.82, 2.24) is 20.2 Å². The van der Waals surface area contributed by atoms with Crippen LogP contribution in [0.25, 0.3) is 22.3 Å². The molecule has 0 atom stereocenters. The number of hydrogen-bond acceptors (Lipinski definition) is 7. The molecule has 1 saturated heterocycles. The molecular weight excluding hydrogens is 366 g/mol. The maximum absolute atomic E-state index is 11.8. The average Bonchev–Trinajstić information content (AvgIpc) is 3.01. The highest BCUT2D eigenvalue weighted by molar-refractivity contribution is 7.89. The van der Waals surface area contributed by atoms with Gasteiger partial charge in [-0.3, -0.25) is 5.10 Å². The van der Waals surface area contributed by atoms with Crippen molar-refractivity contribution in [3.8, 4) is 11.4 Å². The van der Waals surface area contributed by atoms with Gasteiger partial charge in [0.1, 0.15) is 5.82 Å². The number of nitrogens with zero attached hydrogens (tertiary/aromatic N) is 4. The van der Waals surface area contributed by atoms with Gasteiger partial charge >= 0.3 is 0 Å². The molecule has 1 aliphatic rings. The van der Waals surface area contributed by atoms with Crippen molar-refractivity contribution >= 4 is 26.6 Å². The smallest absolute Gasteiger partial charge is 0.161 e. The molecule has 27 heavy (non-hydrogen) atoms. The lowest BCUT2D eigenvalue weighted by molar-refractivity contribution is 0.122. The summed E-state index contributed by atoms with van der Waals surface area (Å²) in [5.41, 5.74) is 3.16. The van der Waals surface area contributed by atoms with Crippen LogP contribution >= 0.6 is 0 Å². The van der Waals surface area contributed by atoms with Gasteiger partial charge in [0.15, 0.2) is 15.7 Å². The zero-order valence-electron chi connectivity index (χ0n) is 15.3. The van der Waals surface area contributed by atoms with Crippen LogP contribution in [-0.2, 0) is 20.3 Å². The number of nitrogens with one attached hydrogen (secondary N) is 1. The molecule has 2 aromatic heterocycles. The number of morpholine rings is 1. The van der Waals surface area contributed by atoms with Gasteiger partial charge in [0.2, 0.25) is 0 Å². The SMILES string of the molecule is Cc1[nH]nc2ccc(-c3nc(CS(C)(=O)=O)cc(N4CCOCC4)n3)cc12. The van der Waals surface area contributed by atoms with E-state index in [2.05, 4.69) is 20.1 Å². The molecule has 1 fully saturated rings. The summed E-state index contributed by atoms with van der Waals surface area (Å²) >= 11 is 0. The van der Waals surface area contributed by atoms with Gasteiger partial charge in [0.05, 0.1) is 30.2 Å². The van der Waals surface area contributed by atoms with E-state index in [-0.39, 0.29) is 5.75 Å². The molecule has 0 bridgehead atoms. The molecule has 0 unspecified atom stereocenters. The highest BCUT2D eigenvalue weighted by Crippen LogP contribution is 2.26. The van der Waals surface area contributed by atoms with E-state index in [4.69, 9.17) is 9.72 Å². The molecule has 1 aliphatic heterocycles.